The second-order valence-electron chi connectivity index (χ2n) is 6.58. The highest BCUT2D eigenvalue weighted by atomic mass is 35.5. The van der Waals surface area contributed by atoms with Crippen LogP contribution in [0.2, 0.25) is 5.02 Å². The van der Waals surface area contributed by atoms with Crippen LogP contribution in [0, 0.1) is 0 Å². The summed E-state index contributed by atoms with van der Waals surface area (Å²) in [6.07, 6.45) is 0.355. The van der Waals surface area contributed by atoms with E-state index in [1.807, 2.05) is 0 Å². The Morgan fingerprint density at radius 2 is 1.90 bits per heavy atom. The van der Waals surface area contributed by atoms with Crippen LogP contribution in [0.1, 0.15) is 30.1 Å². The number of amides is 2. The number of esters is 1. The molecule has 0 aromatic heterocycles. The van der Waals surface area contributed by atoms with Crippen LogP contribution in [-0.4, -0.2) is 37.5 Å². The molecule has 3 rings (SSSR count). The van der Waals surface area contributed by atoms with Gasteiger partial charge in [0.1, 0.15) is 5.75 Å². The number of halogens is 1. The van der Waals surface area contributed by atoms with E-state index in [0.717, 1.165) is 12.1 Å². The number of carbonyl (C=O) groups excluding carboxylic acids is 3. The molecule has 1 atom stereocenters. The van der Waals surface area contributed by atoms with E-state index in [0.29, 0.717) is 35.0 Å². The van der Waals surface area contributed by atoms with Crippen molar-refractivity contribution in [3.63, 3.8) is 0 Å². The van der Waals surface area contributed by atoms with Crippen molar-refractivity contribution in [3.8, 4) is 5.75 Å². The van der Waals surface area contributed by atoms with Gasteiger partial charge in [-0.25, -0.2) is 4.79 Å². The molecule has 152 valence electrons. The summed E-state index contributed by atoms with van der Waals surface area (Å²) in [6, 6.07) is 11.4. The van der Waals surface area contributed by atoms with E-state index in [1.165, 1.54) is 14.0 Å². The van der Waals surface area contributed by atoms with Gasteiger partial charge in [-0.2, -0.15) is 0 Å². The average molecular weight is 417 g/mol. The molecule has 2 aromatic rings. The summed E-state index contributed by atoms with van der Waals surface area (Å²) in [6.45, 7) is 2.16. The number of carbonyl (C=O) groups is 3. The van der Waals surface area contributed by atoms with Crippen LogP contribution < -0.4 is 15.0 Å². The molecule has 1 aliphatic rings. The quantitative estimate of drug-likeness (QED) is 0.726. The Morgan fingerprint density at radius 1 is 1.17 bits per heavy atom. The van der Waals surface area contributed by atoms with E-state index >= 15 is 0 Å². The van der Waals surface area contributed by atoms with Crippen molar-refractivity contribution >= 4 is 40.8 Å². The number of methoxy groups -OCH3 is 1. The number of nitrogens with zero attached hydrogens (tertiary/aromatic N) is 1. The zero-order valence-electron chi connectivity index (χ0n) is 16.1. The number of anilines is 2. The molecule has 1 aliphatic heterocycles. The average Bonchev–Trinajstić information content (AvgIpc) is 3.14. The minimum Gasteiger partial charge on any atom is -0.495 e. The molecule has 0 unspecified atom stereocenters. The Morgan fingerprint density at radius 3 is 2.48 bits per heavy atom. The van der Waals surface area contributed by atoms with Crippen molar-refractivity contribution in [1.29, 1.82) is 0 Å². The minimum atomic E-state index is -1.01. The van der Waals surface area contributed by atoms with Crippen LogP contribution in [0.25, 0.3) is 0 Å². The zero-order chi connectivity index (χ0) is 21.0. The molecule has 0 aliphatic carbocycles. The van der Waals surface area contributed by atoms with Gasteiger partial charge in [0, 0.05) is 24.3 Å². The fourth-order valence-electron chi connectivity index (χ4n) is 2.97. The summed E-state index contributed by atoms with van der Waals surface area (Å²) in [5.41, 5.74) is 1.50. The maximum Gasteiger partial charge on any atom is 0.338 e. The molecular formula is C21H21ClN2O5. The van der Waals surface area contributed by atoms with E-state index in [4.69, 9.17) is 21.1 Å². The van der Waals surface area contributed by atoms with E-state index in [2.05, 4.69) is 5.32 Å². The lowest BCUT2D eigenvalue weighted by Gasteiger charge is -2.16. The van der Waals surface area contributed by atoms with E-state index in [-0.39, 0.29) is 5.91 Å². The molecule has 8 heteroatoms. The molecule has 1 N–H and O–H groups in total. The normalized spacial score (nSPS) is 14.4. The van der Waals surface area contributed by atoms with E-state index < -0.39 is 18.0 Å². The third kappa shape index (κ3) is 4.86. The summed E-state index contributed by atoms with van der Waals surface area (Å²) >= 11 is 6.04. The first kappa shape index (κ1) is 20.7. The molecule has 2 amide bonds. The van der Waals surface area contributed by atoms with Crippen LogP contribution >= 0.6 is 11.6 Å². The van der Waals surface area contributed by atoms with Crippen molar-refractivity contribution in [3.05, 3.63) is 53.1 Å². The fraction of sp³-hybridized carbons (Fsp3) is 0.286. The van der Waals surface area contributed by atoms with Crippen LogP contribution in [0.4, 0.5) is 11.4 Å². The number of nitrogens with one attached hydrogen (secondary N) is 1. The van der Waals surface area contributed by atoms with Gasteiger partial charge in [0.25, 0.3) is 5.91 Å². The first-order chi connectivity index (χ1) is 13.9. The Kier molecular flexibility index (Phi) is 6.39. The highest BCUT2D eigenvalue weighted by Crippen LogP contribution is 2.27. The van der Waals surface area contributed by atoms with Gasteiger partial charge in [0.05, 0.1) is 17.7 Å². The van der Waals surface area contributed by atoms with Gasteiger partial charge in [0.15, 0.2) is 6.10 Å². The molecule has 29 heavy (non-hydrogen) atoms. The number of benzene rings is 2. The highest BCUT2D eigenvalue weighted by molar-refractivity contribution is 6.32. The first-order valence-corrected chi connectivity index (χ1v) is 9.52. The molecule has 0 saturated carbocycles. The van der Waals surface area contributed by atoms with Crippen molar-refractivity contribution < 1.29 is 23.9 Å². The monoisotopic (exact) mass is 416 g/mol. The Balaban J connectivity index is 1.58. The number of hydrogen-bond acceptors (Lipinski definition) is 5. The van der Waals surface area contributed by atoms with Crippen molar-refractivity contribution in [2.24, 2.45) is 0 Å². The summed E-state index contributed by atoms with van der Waals surface area (Å²) in [5.74, 6) is -0.550. The van der Waals surface area contributed by atoms with Gasteiger partial charge in [0.2, 0.25) is 5.91 Å². The number of rotatable bonds is 6. The van der Waals surface area contributed by atoms with E-state index in [1.54, 1.807) is 47.4 Å². The van der Waals surface area contributed by atoms with Gasteiger partial charge in [-0.1, -0.05) is 11.6 Å². The molecule has 1 saturated heterocycles. The van der Waals surface area contributed by atoms with Gasteiger partial charge in [-0.3, -0.25) is 9.59 Å². The molecule has 2 aromatic carbocycles. The van der Waals surface area contributed by atoms with Crippen molar-refractivity contribution in [2.75, 3.05) is 23.9 Å². The maximum atomic E-state index is 12.3. The molecule has 0 radical (unpaired) electrons. The van der Waals surface area contributed by atoms with Crippen LogP contribution in [0.3, 0.4) is 0 Å². The Bertz CT molecular complexity index is 929. The molecule has 0 bridgehead atoms. The second kappa shape index (κ2) is 8.96. The lowest BCUT2D eigenvalue weighted by atomic mass is 10.2. The second-order valence-corrected chi connectivity index (χ2v) is 6.99. The highest BCUT2D eigenvalue weighted by Gasteiger charge is 2.23. The van der Waals surface area contributed by atoms with Gasteiger partial charge < -0.3 is 19.7 Å². The lowest BCUT2D eigenvalue weighted by molar-refractivity contribution is -0.123. The molecule has 1 heterocycles. The third-order valence-electron chi connectivity index (χ3n) is 4.56. The summed E-state index contributed by atoms with van der Waals surface area (Å²) in [7, 11) is 1.50. The van der Waals surface area contributed by atoms with Crippen molar-refractivity contribution in [2.45, 2.75) is 25.9 Å². The smallest absolute Gasteiger partial charge is 0.338 e. The lowest BCUT2D eigenvalue weighted by Crippen LogP contribution is -2.30. The van der Waals surface area contributed by atoms with Crippen molar-refractivity contribution in [1.82, 2.24) is 0 Å². The SMILES string of the molecule is COc1ccc(NC(=O)[C@H](C)OC(=O)c2ccc(N3CCCC3=O)cc2)cc1Cl. The first-order valence-electron chi connectivity index (χ1n) is 9.15. The van der Waals surface area contributed by atoms with Crippen LogP contribution in [0.5, 0.6) is 5.75 Å². The topological polar surface area (TPSA) is 84.9 Å². The molecule has 1 fully saturated rings. The molecule has 0 spiro atoms. The predicted molar refractivity (Wildman–Crippen MR) is 110 cm³/mol. The van der Waals surface area contributed by atoms with Gasteiger partial charge >= 0.3 is 5.97 Å². The number of ether oxygens (including phenoxy) is 2. The standard InChI is InChI=1S/C21H21ClN2O5/c1-13(20(26)23-15-7-10-18(28-2)17(22)12-15)29-21(27)14-5-8-16(9-6-14)24-11-3-4-19(24)25/h5-10,12-13H,3-4,11H2,1-2H3,(H,23,26)/t13-/m0/s1. The maximum absolute atomic E-state index is 12.3. The largest absolute Gasteiger partial charge is 0.495 e. The van der Waals surface area contributed by atoms with Gasteiger partial charge in [-0.05, 0) is 55.8 Å². The van der Waals surface area contributed by atoms with Crippen LogP contribution in [-0.2, 0) is 14.3 Å². The molecule has 7 nitrogen and oxygen atoms in total. The summed E-state index contributed by atoms with van der Waals surface area (Å²) < 4.78 is 10.3. The third-order valence-corrected chi connectivity index (χ3v) is 4.86. The summed E-state index contributed by atoms with van der Waals surface area (Å²) in [4.78, 5) is 38.1. The summed E-state index contributed by atoms with van der Waals surface area (Å²) in [5, 5.41) is 2.99. The number of hydrogen-bond donors (Lipinski definition) is 1. The predicted octanol–water partition coefficient (Wildman–Crippen LogP) is 3.66. The Hall–Kier alpha value is -3.06. The molecular weight excluding hydrogens is 396 g/mol. The zero-order valence-corrected chi connectivity index (χ0v) is 16.9. The fourth-order valence-corrected chi connectivity index (χ4v) is 3.23. The van der Waals surface area contributed by atoms with Gasteiger partial charge in [-0.15, -0.1) is 0 Å². The Labute approximate surface area is 173 Å². The van der Waals surface area contributed by atoms with E-state index in [9.17, 15) is 14.4 Å². The minimum absolute atomic E-state index is 0.0734. The van der Waals surface area contributed by atoms with Crippen LogP contribution in [0.15, 0.2) is 42.5 Å².